The van der Waals surface area contributed by atoms with Crippen LogP contribution in [0.3, 0.4) is 0 Å². The molecule has 0 heterocycles. The largest absolute Gasteiger partial charge is 0.493 e. The third kappa shape index (κ3) is 7.55. The second-order valence-electron chi connectivity index (χ2n) is 7.45. The molecule has 0 aromatic heterocycles. The monoisotopic (exact) mass is 416 g/mol. The van der Waals surface area contributed by atoms with Gasteiger partial charge in [-0.15, -0.1) is 0 Å². The smallest absolute Gasteiger partial charge is 0.173 e. The molecule has 0 aliphatic carbocycles. The molecule has 2 aromatic rings. The number of hydrogen-bond donors (Lipinski definition) is 2. The topological polar surface area (TPSA) is 38.2 Å². The Bertz CT molecular complexity index is 795. The predicted molar refractivity (Wildman–Crippen MR) is 124 cm³/mol. The number of aryl methyl sites for hydroxylation is 1. The molecule has 2 rings (SSSR count). The molecule has 2 aromatic carbocycles. The van der Waals surface area contributed by atoms with E-state index in [0.29, 0.717) is 13.2 Å². The predicted octanol–water partition coefficient (Wildman–Crippen LogP) is 3.14. The summed E-state index contributed by atoms with van der Waals surface area (Å²) in [5, 5.41) is 4.13. The Balaban J connectivity index is 2.15. The molecule has 0 amide bonds. The van der Waals surface area contributed by atoms with E-state index in [2.05, 4.69) is 49.4 Å². The highest BCUT2D eigenvalue weighted by Gasteiger charge is 2.14. The maximum Gasteiger partial charge on any atom is 0.173 e. The quantitative estimate of drug-likeness (QED) is 0.582. The normalized spacial score (nSPS) is 10.7. The zero-order valence-corrected chi connectivity index (χ0v) is 19.1. The van der Waals surface area contributed by atoms with Gasteiger partial charge in [0.15, 0.2) is 16.6 Å². The molecule has 6 heteroatoms. The Labute approximate surface area is 180 Å². The minimum absolute atomic E-state index is 0.610. The lowest BCUT2D eigenvalue weighted by atomic mass is 10.2. The van der Waals surface area contributed by atoms with E-state index in [1.807, 2.05) is 31.2 Å². The Hall–Kier alpha value is -2.31. The van der Waals surface area contributed by atoms with E-state index in [0.717, 1.165) is 47.4 Å². The van der Waals surface area contributed by atoms with Crippen molar-refractivity contribution in [2.75, 3.05) is 46.2 Å². The first-order chi connectivity index (χ1) is 13.9. The first-order valence-corrected chi connectivity index (χ1v) is 10.5. The van der Waals surface area contributed by atoms with E-state index in [9.17, 15) is 0 Å². The SMILES string of the molecule is CCOc1ccc(CN(CCC[NH+](C)C)C(=S)Nc2cccc(C)c2)cc1OC. The van der Waals surface area contributed by atoms with Crippen LogP contribution in [0.25, 0.3) is 0 Å². The summed E-state index contributed by atoms with van der Waals surface area (Å²) in [4.78, 5) is 3.65. The maximum absolute atomic E-state index is 5.76. The van der Waals surface area contributed by atoms with Gasteiger partial charge >= 0.3 is 0 Å². The van der Waals surface area contributed by atoms with Crippen LogP contribution in [0, 0.1) is 6.92 Å². The molecule has 0 fully saturated rings. The fourth-order valence-corrected chi connectivity index (χ4v) is 3.38. The van der Waals surface area contributed by atoms with Gasteiger partial charge in [-0.2, -0.15) is 0 Å². The number of nitrogens with one attached hydrogen (secondary N) is 2. The number of nitrogens with zero attached hydrogens (tertiary/aromatic N) is 1. The molecule has 0 bridgehead atoms. The number of ether oxygens (including phenoxy) is 2. The molecule has 0 aliphatic rings. The van der Waals surface area contributed by atoms with Gasteiger partial charge in [0.2, 0.25) is 0 Å². The molecule has 2 N–H and O–H groups in total. The summed E-state index contributed by atoms with van der Waals surface area (Å²) in [7, 11) is 6.01. The van der Waals surface area contributed by atoms with Crippen molar-refractivity contribution in [1.82, 2.24) is 4.90 Å². The Kier molecular flexibility index (Phi) is 9.22. The molecule has 0 radical (unpaired) electrons. The van der Waals surface area contributed by atoms with Gasteiger partial charge in [0.1, 0.15) is 0 Å². The van der Waals surface area contributed by atoms with Crippen molar-refractivity contribution in [2.45, 2.75) is 26.8 Å². The molecule has 0 aliphatic heterocycles. The molecular weight excluding hydrogens is 382 g/mol. The molecule has 0 unspecified atom stereocenters. The van der Waals surface area contributed by atoms with E-state index >= 15 is 0 Å². The molecular formula is C23H34N3O2S+. The highest BCUT2D eigenvalue weighted by molar-refractivity contribution is 7.80. The summed E-state index contributed by atoms with van der Waals surface area (Å²) in [5.41, 5.74) is 3.36. The van der Waals surface area contributed by atoms with Crippen molar-refractivity contribution in [1.29, 1.82) is 0 Å². The van der Waals surface area contributed by atoms with Crippen molar-refractivity contribution >= 4 is 23.0 Å². The van der Waals surface area contributed by atoms with Crippen molar-refractivity contribution in [2.24, 2.45) is 0 Å². The van der Waals surface area contributed by atoms with E-state index in [4.69, 9.17) is 21.7 Å². The molecule has 0 atom stereocenters. The van der Waals surface area contributed by atoms with Crippen molar-refractivity contribution in [3.8, 4) is 11.5 Å². The number of rotatable bonds is 10. The number of hydrogen-bond acceptors (Lipinski definition) is 3. The molecule has 0 saturated carbocycles. The highest BCUT2D eigenvalue weighted by atomic mass is 32.1. The number of methoxy groups -OCH3 is 1. The number of quaternary nitrogens is 1. The summed E-state index contributed by atoms with van der Waals surface area (Å²) in [6, 6.07) is 14.3. The molecule has 158 valence electrons. The van der Waals surface area contributed by atoms with E-state index in [1.54, 1.807) is 7.11 Å². The first kappa shape index (κ1) is 23.0. The van der Waals surface area contributed by atoms with Crippen LogP contribution in [-0.2, 0) is 6.54 Å². The van der Waals surface area contributed by atoms with E-state index in [1.165, 1.54) is 10.5 Å². The number of benzene rings is 2. The lowest BCUT2D eigenvalue weighted by Crippen LogP contribution is -3.05. The first-order valence-electron chi connectivity index (χ1n) is 10.1. The minimum Gasteiger partial charge on any atom is -0.493 e. The standard InChI is InChI=1S/C23H33N3O2S/c1-6-28-21-12-11-19(16-22(21)27-5)17-26(14-8-13-25(3)4)23(29)24-20-10-7-9-18(2)15-20/h7,9-12,15-16H,6,8,13-14,17H2,1-5H3,(H,24,29)/p+1. The van der Waals surface area contributed by atoms with Crippen LogP contribution in [0.5, 0.6) is 11.5 Å². The number of thiocarbonyl (C=S) groups is 1. The van der Waals surface area contributed by atoms with Crippen LogP contribution in [0.15, 0.2) is 42.5 Å². The summed E-state index contributed by atoms with van der Waals surface area (Å²) in [5.74, 6) is 1.52. The van der Waals surface area contributed by atoms with Crippen LogP contribution >= 0.6 is 12.2 Å². The molecule has 0 saturated heterocycles. The lowest BCUT2D eigenvalue weighted by molar-refractivity contribution is -0.858. The Morgan fingerprint density at radius 1 is 1.14 bits per heavy atom. The fraction of sp³-hybridized carbons (Fsp3) is 0.435. The second-order valence-corrected chi connectivity index (χ2v) is 7.84. The van der Waals surface area contributed by atoms with Gasteiger partial charge in [0, 0.05) is 25.2 Å². The van der Waals surface area contributed by atoms with Crippen LogP contribution in [0.1, 0.15) is 24.5 Å². The average Bonchev–Trinajstić information content (AvgIpc) is 2.68. The molecule has 0 spiro atoms. The molecule has 29 heavy (non-hydrogen) atoms. The van der Waals surface area contributed by atoms with Crippen LogP contribution in [-0.4, -0.2) is 50.9 Å². The van der Waals surface area contributed by atoms with Gasteiger partial charge in [-0.1, -0.05) is 18.2 Å². The van der Waals surface area contributed by atoms with Crippen LogP contribution < -0.4 is 19.7 Å². The van der Waals surface area contributed by atoms with Crippen molar-refractivity contribution < 1.29 is 14.4 Å². The highest BCUT2D eigenvalue weighted by Crippen LogP contribution is 2.28. The Morgan fingerprint density at radius 2 is 1.93 bits per heavy atom. The second kappa shape index (κ2) is 11.6. The fourth-order valence-electron chi connectivity index (χ4n) is 3.11. The Morgan fingerprint density at radius 3 is 2.59 bits per heavy atom. The van der Waals surface area contributed by atoms with Crippen LogP contribution in [0.4, 0.5) is 5.69 Å². The van der Waals surface area contributed by atoms with Crippen LogP contribution in [0.2, 0.25) is 0 Å². The lowest BCUT2D eigenvalue weighted by Gasteiger charge is -2.27. The van der Waals surface area contributed by atoms with Gasteiger partial charge in [-0.3, -0.25) is 0 Å². The van der Waals surface area contributed by atoms with Gasteiger partial charge in [0.05, 0.1) is 34.4 Å². The van der Waals surface area contributed by atoms with Gasteiger partial charge in [-0.05, 0) is 61.5 Å². The summed E-state index contributed by atoms with van der Waals surface area (Å²) in [6.07, 6.45) is 1.06. The van der Waals surface area contributed by atoms with E-state index < -0.39 is 0 Å². The zero-order chi connectivity index (χ0) is 21.2. The van der Waals surface area contributed by atoms with Gasteiger partial charge in [0.25, 0.3) is 0 Å². The van der Waals surface area contributed by atoms with Crippen molar-refractivity contribution in [3.05, 3.63) is 53.6 Å². The third-order valence-electron chi connectivity index (χ3n) is 4.56. The van der Waals surface area contributed by atoms with E-state index in [-0.39, 0.29) is 0 Å². The van der Waals surface area contributed by atoms with Crippen molar-refractivity contribution in [3.63, 3.8) is 0 Å². The molecule has 5 nitrogen and oxygen atoms in total. The zero-order valence-electron chi connectivity index (χ0n) is 18.2. The van der Waals surface area contributed by atoms with Gasteiger partial charge < -0.3 is 24.6 Å². The maximum atomic E-state index is 5.76. The minimum atomic E-state index is 0.610. The summed E-state index contributed by atoms with van der Waals surface area (Å²) >= 11 is 5.76. The summed E-state index contributed by atoms with van der Waals surface area (Å²) in [6.45, 7) is 7.35. The summed E-state index contributed by atoms with van der Waals surface area (Å²) < 4.78 is 11.1. The average molecular weight is 417 g/mol. The number of anilines is 1. The third-order valence-corrected chi connectivity index (χ3v) is 4.92. The van der Waals surface area contributed by atoms with Gasteiger partial charge in [-0.25, -0.2) is 0 Å².